The Morgan fingerprint density at radius 3 is 2.71 bits per heavy atom. The van der Waals surface area contributed by atoms with Crippen molar-refractivity contribution in [3.63, 3.8) is 0 Å². The molecule has 31 heavy (non-hydrogen) atoms. The highest BCUT2D eigenvalue weighted by atomic mass is 32.2. The summed E-state index contributed by atoms with van der Waals surface area (Å²) in [6.45, 7) is 1.59. The van der Waals surface area contributed by atoms with Crippen molar-refractivity contribution in [2.75, 3.05) is 18.7 Å². The first-order valence-electron chi connectivity index (χ1n) is 8.94. The SMILES string of the molecule is Cc1cc(C#N)cnc1C(=O)Nc1cc(F)c(F)c(C[C@](C)(CO)S/C(N)=N\CF)c1. The van der Waals surface area contributed by atoms with Gasteiger partial charge in [-0.2, -0.15) is 5.26 Å². The zero-order chi connectivity index (χ0) is 23.2. The number of amidine groups is 1. The molecule has 0 unspecified atom stereocenters. The minimum absolute atomic E-state index is 0.0243. The highest BCUT2D eigenvalue weighted by molar-refractivity contribution is 8.15. The predicted octanol–water partition coefficient (Wildman–Crippen LogP) is 3.06. The van der Waals surface area contributed by atoms with E-state index in [-0.39, 0.29) is 34.1 Å². The van der Waals surface area contributed by atoms with Crippen molar-refractivity contribution < 1.29 is 23.1 Å². The van der Waals surface area contributed by atoms with Gasteiger partial charge in [0.25, 0.3) is 5.91 Å². The van der Waals surface area contributed by atoms with Gasteiger partial charge in [0.1, 0.15) is 11.8 Å². The second kappa shape index (κ2) is 10.3. The molecule has 1 aromatic heterocycles. The largest absolute Gasteiger partial charge is 0.395 e. The van der Waals surface area contributed by atoms with E-state index >= 15 is 0 Å². The second-order valence-corrected chi connectivity index (χ2v) is 8.50. The number of aliphatic imine (C=N–C) groups is 1. The number of aromatic nitrogens is 1. The third kappa shape index (κ3) is 6.19. The quantitative estimate of drug-likeness (QED) is 0.338. The Morgan fingerprint density at radius 1 is 1.42 bits per heavy atom. The summed E-state index contributed by atoms with van der Waals surface area (Å²) in [5, 5.41) is 20.9. The number of nitrogens with two attached hydrogens (primary N) is 1. The van der Waals surface area contributed by atoms with Crippen LogP contribution in [0.25, 0.3) is 0 Å². The number of alkyl halides is 1. The van der Waals surface area contributed by atoms with Gasteiger partial charge in [-0.25, -0.2) is 23.1 Å². The Bertz CT molecular complexity index is 1060. The Balaban J connectivity index is 2.31. The lowest BCUT2D eigenvalue weighted by Gasteiger charge is -2.26. The summed E-state index contributed by atoms with van der Waals surface area (Å²) in [5.74, 6) is -3.02. The molecular weight excluding hydrogens is 431 g/mol. The normalized spacial score (nSPS) is 13.4. The van der Waals surface area contributed by atoms with Gasteiger partial charge in [-0.05, 0) is 43.5 Å². The van der Waals surface area contributed by atoms with E-state index in [9.17, 15) is 23.1 Å². The summed E-state index contributed by atoms with van der Waals surface area (Å²) in [4.78, 5) is 19.8. The topological polar surface area (TPSA) is 124 Å². The molecule has 2 rings (SSSR count). The molecule has 7 nitrogen and oxygen atoms in total. The van der Waals surface area contributed by atoms with E-state index in [2.05, 4.69) is 15.3 Å². The third-order valence-electron chi connectivity index (χ3n) is 4.25. The lowest BCUT2D eigenvalue weighted by molar-refractivity contribution is 0.102. The van der Waals surface area contributed by atoms with Crippen LogP contribution in [0, 0.1) is 29.9 Å². The summed E-state index contributed by atoms with van der Waals surface area (Å²) in [7, 11) is 0. The van der Waals surface area contributed by atoms with Gasteiger partial charge in [-0.15, -0.1) is 0 Å². The van der Waals surface area contributed by atoms with E-state index < -0.39 is 35.7 Å². The average molecular weight is 451 g/mol. The number of carbonyl (C=O) groups is 1. The van der Waals surface area contributed by atoms with Crippen LogP contribution in [0.4, 0.5) is 18.9 Å². The summed E-state index contributed by atoms with van der Waals surface area (Å²) in [5.41, 5.74) is 6.16. The maximum absolute atomic E-state index is 14.4. The summed E-state index contributed by atoms with van der Waals surface area (Å²) < 4.78 is 39.8. The molecule has 1 aromatic carbocycles. The van der Waals surface area contributed by atoms with Gasteiger partial charge in [0, 0.05) is 22.7 Å². The Labute approximate surface area is 181 Å². The fraction of sp³-hybridized carbons (Fsp3) is 0.300. The van der Waals surface area contributed by atoms with Crippen LogP contribution in [0.2, 0.25) is 0 Å². The van der Waals surface area contributed by atoms with Gasteiger partial charge in [0.05, 0.1) is 12.2 Å². The molecule has 0 radical (unpaired) electrons. The first-order chi connectivity index (χ1) is 14.6. The highest BCUT2D eigenvalue weighted by Gasteiger charge is 2.29. The number of aryl methyl sites for hydroxylation is 1. The van der Waals surface area contributed by atoms with Gasteiger partial charge in [0.15, 0.2) is 23.6 Å². The second-order valence-electron chi connectivity index (χ2n) is 6.89. The molecule has 11 heteroatoms. The third-order valence-corrected chi connectivity index (χ3v) is 5.35. The van der Waals surface area contributed by atoms with E-state index in [0.717, 1.165) is 17.8 Å². The van der Waals surface area contributed by atoms with Gasteiger partial charge < -0.3 is 16.2 Å². The Kier molecular flexibility index (Phi) is 8.01. The number of rotatable bonds is 7. The Hall–Kier alpha value is -3.10. The van der Waals surface area contributed by atoms with Crippen molar-refractivity contribution in [3.05, 3.63) is 58.4 Å². The lowest BCUT2D eigenvalue weighted by Crippen LogP contribution is -2.32. The number of benzene rings is 1. The first-order valence-corrected chi connectivity index (χ1v) is 9.76. The number of aliphatic hydroxyl groups excluding tert-OH is 1. The molecule has 0 saturated heterocycles. The summed E-state index contributed by atoms with van der Waals surface area (Å²) in [6, 6.07) is 5.43. The van der Waals surface area contributed by atoms with E-state index in [0.29, 0.717) is 5.56 Å². The number of hydrogen-bond acceptors (Lipinski definition) is 6. The molecule has 2 aromatic rings. The van der Waals surface area contributed by atoms with Gasteiger partial charge >= 0.3 is 0 Å². The molecule has 1 atom stereocenters. The number of nitrogens with one attached hydrogen (secondary N) is 1. The van der Waals surface area contributed by atoms with E-state index in [1.807, 2.05) is 6.07 Å². The van der Waals surface area contributed by atoms with E-state index in [4.69, 9.17) is 11.0 Å². The highest BCUT2D eigenvalue weighted by Crippen LogP contribution is 2.31. The number of halogens is 3. The summed E-state index contributed by atoms with van der Waals surface area (Å²) >= 11 is 0.828. The van der Waals surface area contributed by atoms with Crippen molar-refractivity contribution in [1.29, 1.82) is 5.26 Å². The van der Waals surface area contributed by atoms with Crippen molar-refractivity contribution in [2.24, 2.45) is 10.7 Å². The van der Waals surface area contributed by atoms with Crippen LogP contribution in [0.5, 0.6) is 0 Å². The first kappa shape index (κ1) is 24.2. The van der Waals surface area contributed by atoms with E-state index in [1.54, 1.807) is 6.92 Å². The predicted molar refractivity (Wildman–Crippen MR) is 112 cm³/mol. The number of carbonyl (C=O) groups excluding carboxylic acids is 1. The molecule has 164 valence electrons. The fourth-order valence-electron chi connectivity index (χ4n) is 2.78. The van der Waals surface area contributed by atoms with Crippen LogP contribution in [0.1, 0.15) is 34.1 Å². The van der Waals surface area contributed by atoms with Crippen LogP contribution in [0.15, 0.2) is 29.4 Å². The number of pyridine rings is 1. The fourth-order valence-corrected chi connectivity index (χ4v) is 3.69. The molecule has 0 aliphatic rings. The van der Waals surface area contributed by atoms with Gasteiger partial charge in [0.2, 0.25) is 0 Å². The summed E-state index contributed by atoms with van der Waals surface area (Å²) in [6.07, 6.45) is 1.04. The van der Waals surface area contributed by atoms with Crippen LogP contribution < -0.4 is 11.1 Å². The minimum Gasteiger partial charge on any atom is -0.395 e. The number of nitrogens with zero attached hydrogens (tertiary/aromatic N) is 3. The van der Waals surface area contributed by atoms with Crippen molar-refractivity contribution in [2.45, 2.75) is 25.0 Å². The molecule has 0 saturated carbocycles. The van der Waals surface area contributed by atoms with Crippen molar-refractivity contribution in [3.8, 4) is 6.07 Å². The molecule has 0 aliphatic carbocycles. The monoisotopic (exact) mass is 451 g/mol. The van der Waals surface area contributed by atoms with Crippen LogP contribution in [-0.4, -0.2) is 39.3 Å². The average Bonchev–Trinajstić information content (AvgIpc) is 2.71. The van der Waals surface area contributed by atoms with Crippen LogP contribution >= 0.6 is 11.8 Å². The number of hydrogen-bond donors (Lipinski definition) is 3. The number of thioether (sulfide) groups is 1. The van der Waals surface area contributed by atoms with Crippen LogP contribution in [-0.2, 0) is 6.42 Å². The Morgan fingerprint density at radius 2 is 2.13 bits per heavy atom. The van der Waals surface area contributed by atoms with Gasteiger partial charge in [-0.1, -0.05) is 11.8 Å². The van der Waals surface area contributed by atoms with Crippen molar-refractivity contribution in [1.82, 2.24) is 4.98 Å². The smallest absolute Gasteiger partial charge is 0.274 e. The maximum Gasteiger partial charge on any atom is 0.274 e. The number of aliphatic hydroxyl groups is 1. The van der Waals surface area contributed by atoms with Gasteiger partial charge in [-0.3, -0.25) is 4.79 Å². The van der Waals surface area contributed by atoms with Crippen LogP contribution in [0.3, 0.4) is 0 Å². The molecule has 0 bridgehead atoms. The molecular formula is C20H20F3N5O2S. The number of amides is 1. The number of anilines is 1. The standard InChI is InChI=1S/C20H20F3N5O2S/c1-11-3-12(7-24)8-26-17(11)18(30)28-14-4-13(16(23)15(22)5-14)6-20(2,9-29)31-19(25)27-10-21/h3-5,8,29H,6,9-10H2,1-2H3,(H2,25,27)(H,28,30)/t20-/m1/s1. The maximum atomic E-state index is 14.4. The zero-order valence-electron chi connectivity index (χ0n) is 16.7. The molecule has 0 fully saturated rings. The number of nitriles is 1. The molecule has 0 spiro atoms. The molecule has 0 aliphatic heterocycles. The minimum atomic E-state index is -1.20. The molecule has 1 amide bonds. The van der Waals surface area contributed by atoms with Crippen molar-refractivity contribution >= 4 is 28.5 Å². The van der Waals surface area contributed by atoms with E-state index in [1.165, 1.54) is 25.3 Å². The molecule has 4 N–H and O–H groups in total. The lowest BCUT2D eigenvalue weighted by atomic mass is 9.99. The molecule has 1 heterocycles. The zero-order valence-corrected chi connectivity index (χ0v) is 17.6.